The molecule has 10 nitrogen and oxygen atoms in total. The second-order valence-electron chi connectivity index (χ2n) is 5.65. The van der Waals surface area contributed by atoms with Gasteiger partial charge in [0.15, 0.2) is 0 Å². The lowest BCUT2D eigenvalue weighted by atomic mass is 10.1. The average Bonchev–Trinajstić information content (AvgIpc) is 2.61. The standard InChI is InChI=1S/C16H22N4O6S/c1-5-25-13(21)16(14(22)26-6-2)17-15(19(3)4)18-27(23,24)20(16)12-10-8-7-9-11-12/h7-11H,5-6H2,1-4H3,(H,17,18). The molecule has 0 aliphatic carbocycles. The van der Waals surface area contributed by atoms with E-state index in [9.17, 15) is 18.0 Å². The van der Waals surface area contributed by atoms with Gasteiger partial charge in [-0.25, -0.2) is 23.6 Å². The van der Waals surface area contributed by atoms with Gasteiger partial charge < -0.3 is 14.4 Å². The molecule has 0 amide bonds. The summed E-state index contributed by atoms with van der Waals surface area (Å²) in [7, 11) is -1.37. The van der Waals surface area contributed by atoms with Gasteiger partial charge >= 0.3 is 27.8 Å². The summed E-state index contributed by atoms with van der Waals surface area (Å²) < 4.78 is 38.9. The van der Waals surface area contributed by atoms with Crippen LogP contribution in [0.15, 0.2) is 35.3 Å². The van der Waals surface area contributed by atoms with Gasteiger partial charge in [0.05, 0.1) is 18.9 Å². The van der Waals surface area contributed by atoms with Crippen molar-refractivity contribution in [2.24, 2.45) is 4.99 Å². The number of anilines is 1. The smallest absolute Gasteiger partial charge is 0.368 e. The normalized spacial score (nSPS) is 17.3. The molecule has 1 aromatic carbocycles. The van der Waals surface area contributed by atoms with Crippen LogP contribution in [0.2, 0.25) is 0 Å². The number of nitrogens with one attached hydrogen (secondary N) is 1. The number of carbonyl (C=O) groups excluding carboxylic acids is 2. The van der Waals surface area contributed by atoms with Gasteiger partial charge in [-0.1, -0.05) is 18.2 Å². The highest BCUT2D eigenvalue weighted by atomic mass is 32.2. The number of guanidine groups is 1. The van der Waals surface area contributed by atoms with Crippen LogP contribution in [0.25, 0.3) is 0 Å². The Bertz CT molecular complexity index is 820. The Kier molecular flexibility index (Phi) is 5.94. The lowest BCUT2D eigenvalue weighted by molar-refractivity contribution is -0.163. The van der Waals surface area contributed by atoms with E-state index < -0.39 is 27.8 Å². The molecule has 148 valence electrons. The molecule has 1 N–H and O–H groups in total. The van der Waals surface area contributed by atoms with Crippen molar-refractivity contribution in [1.29, 1.82) is 0 Å². The van der Waals surface area contributed by atoms with Crippen LogP contribution in [0, 0.1) is 0 Å². The first-order valence-electron chi connectivity index (χ1n) is 8.20. The Morgan fingerprint density at radius 3 is 2.07 bits per heavy atom. The minimum Gasteiger partial charge on any atom is -0.462 e. The highest BCUT2D eigenvalue weighted by Gasteiger charge is 2.62. The van der Waals surface area contributed by atoms with Crippen molar-refractivity contribution in [2.45, 2.75) is 19.5 Å². The molecule has 1 aliphatic rings. The molecule has 0 fully saturated rings. The Morgan fingerprint density at radius 1 is 1.11 bits per heavy atom. The summed E-state index contributed by atoms with van der Waals surface area (Å²) in [6.07, 6.45) is 0. The minimum atomic E-state index is -4.40. The predicted octanol–water partition coefficient (Wildman–Crippen LogP) is 0.0811. The molecule has 0 atom stereocenters. The Hall–Kier alpha value is -2.82. The monoisotopic (exact) mass is 398 g/mol. The van der Waals surface area contributed by atoms with E-state index in [0.717, 1.165) is 0 Å². The van der Waals surface area contributed by atoms with E-state index in [0.29, 0.717) is 4.31 Å². The van der Waals surface area contributed by atoms with Crippen molar-refractivity contribution in [1.82, 2.24) is 9.62 Å². The number of para-hydroxylation sites is 1. The van der Waals surface area contributed by atoms with Gasteiger partial charge in [-0.2, -0.15) is 8.42 Å². The second kappa shape index (κ2) is 7.82. The summed E-state index contributed by atoms with van der Waals surface area (Å²) in [6.45, 7) is 2.91. The number of aliphatic imine (C=N–C) groups is 1. The van der Waals surface area contributed by atoms with Crippen LogP contribution in [0.3, 0.4) is 0 Å². The van der Waals surface area contributed by atoms with Crippen LogP contribution in [-0.4, -0.2) is 64.2 Å². The van der Waals surface area contributed by atoms with Crippen LogP contribution < -0.4 is 9.03 Å². The summed E-state index contributed by atoms with van der Waals surface area (Å²) in [5.74, 6) is -2.52. The maximum atomic E-state index is 13.0. The molecular weight excluding hydrogens is 376 g/mol. The van der Waals surface area contributed by atoms with Crippen molar-refractivity contribution in [3.8, 4) is 0 Å². The van der Waals surface area contributed by atoms with Gasteiger partial charge in [0, 0.05) is 14.1 Å². The van der Waals surface area contributed by atoms with E-state index >= 15 is 0 Å². The van der Waals surface area contributed by atoms with E-state index in [2.05, 4.69) is 9.71 Å². The zero-order chi connectivity index (χ0) is 20.2. The van der Waals surface area contributed by atoms with E-state index in [1.165, 1.54) is 45.0 Å². The van der Waals surface area contributed by atoms with Gasteiger partial charge in [0.25, 0.3) is 0 Å². The number of rotatable bonds is 5. The lowest BCUT2D eigenvalue weighted by Gasteiger charge is -2.41. The molecule has 27 heavy (non-hydrogen) atoms. The summed E-state index contributed by atoms with van der Waals surface area (Å²) in [5.41, 5.74) is -2.54. The Morgan fingerprint density at radius 2 is 1.63 bits per heavy atom. The van der Waals surface area contributed by atoms with Crippen molar-refractivity contribution in [3.63, 3.8) is 0 Å². The summed E-state index contributed by atoms with van der Waals surface area (Å²) in [6, 6.07) is 7.66. The highest BCUT2D eigenvalue weighted by Crippen LogP contribution is 2.33. The van der Waals surface area contributed by atoms with E-state index in [-0.39, 0.29) is 24.9 Å². The third-order valence-corrected chi connectivity index (χ3v) is 4.95. The predicted molar refractivity (Wildman–Crippen MR) is 98.1 cm³/mol. The maximum Gasteiger partial charge on any atom is 0.368 e. The Balaban J connectivity index is 2.86. The number of ether oxygens (including phenoxy) is 2. The summed E-state index contributed by atoms with van der Waals surface area (Å²) >= 11 is 0. The Labute approximate surface area is 157 Å². The van der Waals surface area contributed by atoms with Crippen molar-refractivity contribution < 1.29 is 27.5 Å². The fourth-order valence-corrected chi connectivity index (χ4v) is 3.93. The molecule has 0 saturated heterocycles. The highest BCUT2D eigenvalue weighted by molar-refractivity contribution is 7.91. The molecule has 0 bridgehead atoms. The minimum absolute atomic E-state index is 0.0488. The van der Waals surface area contributed by atoms with Crippen LogP contribution in [-0.2, 0) is 29.3 Å². The number of esters is 2. The zero-order valence-corrected chi connectivity index (χ0v) is 16.3. The third kappa shape index (κ3) is 3.68. The zero-order valence-electron chi connectivity index (χ0n) is 15.5. The lowest BCUT2D eigenvalue weighted by Crippen LogP contribution is -2.69. The molecule has 11 heteroatoms. The number of benzene rings is 1. The molecule has 1 heterocycles. The largest absolute Gasteiger partial charge is 0.462 e. The van der Waals surface area contributed by atoms with Gasteiger partial charge in [-0.15, -0.1) is 0 Å². The van der Waals surface area contributed by atoms with Crippen molar-refractivity contribution in [3.05, 3.63) is 30.3 Å². The number of hydrogen-bond acceptors (Lipinski definition) is 8. The third-order valence-electron chi connectivity index (χ3n) is 3.56. The average molecular weight is 398 g/mol. The molecule has 0 unspecified atom stereocenters. The summed E-state index contributed by atoms with van der Waals surface area (Å²) in [4.78, 5) is 31.2. The molecule has 0 aromatic heterocycles. The van der Waals surface area contributed by atoms with Gasteiger partial charge in [-0.05, 0) is 26.0 Å². The molecular formula is C16H22N4O6S. The molecule has 2 rings (SSSR count). The summed E-state index contributed by atoms with van der Waals surface area (Å²) in [5, 5.41) is 0. The van der Waals surface area contributed by atoms with Gasteiger partial charge in [-0.3, -0.25) is 0 Å². The van der Waals surface area contributed by atoms with Gasteiger partial charge in [0.1, 0.15) is 0 Å². The van der Waals surface area contributed by atoms with Crippen LogP contribution in [0.1, 0.15) is 13.8 Å². The fraction of sp³-hybridized carbons (Fsp3) is 0.438. The molecule has 0 spiro atoms. The second-order valence-corrected chi connectivity index (χ2v) is 7.17. The number of hydrogen-bond donors (Lipinski definition) is 1. The number of nitrogens with zero attached hydrogens (tertiary/aromatic N) is 3. The first-order chi connectivity index (χ1) is 12.7. The number of carbonyl (C=O) groups is 2. The molecule has 1 aromatic rings. The molecule has 0 radical (unpaired) electrons. The van der Waals surface area contributed by atoms with E-state index in [1.54, 1.807) is 18.2 Å². The van der Waals surface area contributed by atoms with Crippen LogP contribution in [0.4, 0.5) is 5.69 Å². The van der Waals surface area contributed by atoms with Gasteiger partial charge in [0.2, 0.25) is 5.96 Å². The van der Waals surface area contributed by atoms with Crippen LogP contribution in [0.5, 0.6) is 0 Å². The topological polar surface area (TPSA) is 118 Å². The SMILES string of the molecule is CCOC(=O)C1(C(=O)OCC)N=C(N(C)C)NS(=O)(=O)N1c1ccccc1. The first-order valence-corrected chi connectivity index (χ1v) is 9.64. The van der Waals surface area contributed by atoms with Crippen molar-refractivity contribution >= 4 is 33.8 Å². The van der Waals surface area contributed by atoms with Crippen LogP contribution >= 0.6 is 0 Å². The van der Waals surface area contributed by atoms with E-state index in [1.807, 2.05) is 0 Å². The van der Waals surface area contributed by atoms with E-state index in [4.69, 9.17) is 9.47 Å². The van der Waals surface area contributed by atoms with Crippen molar-refractivity contribution in [2.75, 3.05) is 31.6 Å². The quantitative estimate of drug-likeness (QED) is 0.551. The molecule has 0 saturated carbocycles. The maximum absolute atomic E-state index is 13.0. The molecule has 1 aliphatic heterocycles. The fourth-order valence-electron chi connectivity index (χ4n) is 2.44. The first kappa shape index (κ1) is 20.5.